The summed E-state index contributed by atoms with van der Waals surface area (Å²) in [6.45, 7) is 9.02. The van der Waals surface area contributed by atoms with Gasteiger partial charge in [0.15, 0.2) is 0 Å². The largest absolute Gasteiger partial charge is 0.463 e. The van der Waals surface area contributed by atoms with E-state index >= 15 is 0 Å². The Kier molecular flexibility index (Phi) is 21.1. The molecular weight excluding hydrogens is 634 g/mol. The van der Waals surface area contributed by atoms with E-state index in [4.69, 9.17) is 9.47 Å². The van der Waals surface area contributed by atoms with Crippen LogP contribution in [0, 0.1) is 11.8 Å². The Morgan fingerprint density at radius 2 is 1.51 bits per heavy atom. The molecule has 1 aromatic rings. The third-order valence-corrected chi connectivity index (χ3v) is 6.86. The van der Waals surface area contributed by atoms with Crippen molar-refractivity contribution in [2.45, 2.75) is 91.6 Å². The normalized spacial score (nSPS) is 13.1. The molecule has 14 heteroatoms. The second-order valence-electron chi connectivity index (χ2n) is 12.0. The van der Waals surface area contributed by atoms with Crippen molar-refractivity contribution >= 4 is 35.7 Å². The molecule has 0 bridgehead atoms. The Morgan fingerprint density at radius 3 is 2.14 bits per heavy atom. The van der Waals surface area contributed by atoms with E-state index < -0.39 is 54.6 Å². The van der Waals surface area contributed by atoms with Gasteiger partial charge in [-0.15, -0.1) is 0 Å². The van der Waals surface area contributed by atoms with Crippen LogP contribution in [-0.4, -0.2) is 78.8 Å². The topological polar surface area (TPSA) is 201 Å². The van der Waals surface area contributed by atoms with Gasteiger partial charge in [-0.2, -0.15) is 0 Å². The fraction of sp³-hybridized carbons (Fsp3) is 0.543. The quantitative estimate of drug-likeness (QED) is 0.0348. The summed E-state index contributed by atoms with van der Waals surface area (Å²) in [7, 11) is 0. The summed E-state index contributed by atoms with van der Waals surface area (Å²) in [4.78, 5) is 74.4. The highest BCUT2D eigenvalue weighted by molar-refractivity contribution is 5.93. The van der Waals surface area contributed by atoms with Gasteiger partial charge in [0.05, 0.1) is 13.2 Å². The number of amides is 5. The molecule has 1 rings (SSSR count). The van der Waals surface area contributed by atoms with Gasteiger partial charge in [-0.3, -0.25) is 19.2 Å². The lowest BCUT2D eigenvalue weighted by Crippen LogP contribution is -2.59. The highest BCUT2D eigenvalue weighted by atomic mass is 16.5. The van der Waals surface area contributed by atoms with E-state index in [1.165, 1.54) is 18.2 Å². The van der Waals surface area contributed by atoms with Gasteiger partial charge >= 0.3 is 12.1 Å². The van der Waals surface area contributed by atoms with E-state index in [0.29, 0.717) is 32.2 Å². The minimum atomic E-state index is -1.34. The minimum absolute atomic E-state index is 0.0682. The number of esters is 1. The van der Waals surface area contributed by atoms with Crippen molar-refractivity contribution in [2.75, 3.05) is 19.8 Å². The summed E-state index contributed by atoms with van der Waals surface area (Å²) in [5.41, 5.74) is 0.886. The Hall–Kier alpha value is -4.72. The van der Waals surface area contributed by atoms with Crippen LogP contribution in [0.15, 0.2) is 54.6 Å². The first-order chi connectivity index (χ1) is 23.4. The summed E-state index contributed by atoms with van der Waals surface area (Å²) in [6.07, 6.45) is 6.04. The van der Waals surface area contributed by atoms with E-state index in [2.05, 4.69) is 26.6 Å². The van der Waals surface area contributed by atoms with Crippen LogP contribution in [0.25, 0.3) is 0 Å². The van der Waals surface area contributed by atoms with Crippen LogP contribution < -0.4 is 26.6 Å². The predicted molar refractivity (Wildman–Crippen MR) is 183 cm³/mol. The van der Waals surface area contributed by atoms with E-state index in [1.54, 1.807) is 20.8 Å². The highest BCUT2D eigenvalue weighted by Gasteiger charge is 2.29. The van der Waals surface area contributed by atoms with Crippen LogP contribution in [0.1, 0.15) is 72.3 Å². The van der Waals surface area contributed by atoms with Crippen molar-refractivity contribution in [3.8, 4) is 0 Å². The summed E-state index contributed by atoms with van der Waals surface area (Å²) in [6, 6.07) is 7.02. The number of benzene rings is 1. The number of allylic oxidation sites excluding steroid dienone is 2. The average molecular weight is 688 g/mol. The molecule has 0 radical (unpaired) electrons. The van der Waals surface area contributed by atoms with Gasteiger partial charge in [-0.25, -0.2) is 9.59 Å². The molecule has 1 aromatic carbocycles. The average Bonchev–Trinajstić information content (AvgIpc) is 3.05. The number of ether oxygens (including phenoxy) is 2. The van der Waals surface area contributed by atoms with E-state index in [9.17, 15) is 33.9 Å². The third-order valence-electron chi connectivity index (χ3n) is 6.86. The lowest BCUT2D eigenvalue weighted by molar-refractivity contribution is -0.137. The molecule has 0 aromatic heterocycles. The number of aliphatic hydroxyl groups is 1. The second-order valence-corrected chi connectivity index (χ2v) is 12.0. The molecule has 5 amide bonds. The number of aliphatic hydroxyl groups excluding tert-OH is 1. The fourth-order valence-corrected chi connectivity index (χ4v) is 4.37. The molecular formula is C35H53N5O9. The van der Waals surface area contributed by atoms with Crippen molar-refractivity contribution < 1.29 is 43.3 Å². The first-order valence-corrected chi connectivity index (χ1v) is 16.6. The Morgan fingerprint density at radius 1 is 0.816 bits per heavy atom. The van der Waals surface area contributed by atoms with Crippen LogP contribution in [0.3, 0.4) is 0 Å². The molecule has 14 nitrogen and oxygen atoms in total. The Labute approximate surface area is 288 Å². The maximum Gasteiger partial charge on any atom is 0.407 e. The summed E-state index contributed by atoms with van der Waals surface area (Å²) < 4.78 is 9.93. The van der Waals surface area contributed by atoms with Crippen LogP contribution in [0.4, 0.5) is 4.79 Å². The number of unbranched alkanes of at least 4 members (excludes halogenated alkanes) is 2. The van der Waals surface area contributed by atoms with Crippen molar-refractivity contribution in [1.29, 1.82) is 0 Å². The molecule has 0 aliphatic heterocycles. The number of nitrogens with one attached hydrogen (secondary N) is 5. The van der Waals surface area contributed by atoms with Crippen LogP contribution >= 0.6 is 0 Å². The minimum Gasteiger partial charge on any atom is -0.463 e. The van der Waals surface area contributed by atoms with E-state index in [1.807, 2.05) is 44.2 Å². The zero-order chi connectivity index (χ0) is 36.6. The molecule has 0 aliphatic rings. The Balaban J connectivity index is 2.55. The zero-order valence-electron chi connectivity index (χ0n) is 29.2. The predicted octanol–water partition coefficient (Wildman–Crippen LogP) is 2.37. The maximum atomic E-state index is 13.1. The number of hydrogen-bond donors (Lipinski definition) is 6. The van der Waals surface area contributed by atoms with Crippen molar-refractivity contribution in [3.63, 3.8) is 0 Å². The molecule has 3 atom stereocenters. The second kappa shape index (κ2) is 24.4. The van der Waals surface area contributed by atoms with E-state index in [-0.39, 0.29) is 37.4 Å². The summed E-state index contributed by atoms with van der Waals surface area (Å²) in [5, 5.41) is 23.1. The van der Waals surface area contributed by atoms with Crippen LogP contribution in [0.2, 0.25) is 0 Å². The van der Waals surface area contributed by atoms with E-state index in [0.717, 1.165) is 11.6 Å². The Bertz CT molecular complexity index is 1250. The van der Waals surface area contributed by atoms with Gasteiger partial charge in [0.25, 0.3) is 0 Å². The number of alkyl carbamates (subject to hydrolysis) is 1. The van der Waals surface area contributed by atoms with Gasteiger partial charge in [-0.1, -0.05) is 76.6 Å². The molecule has 0 spiro atoms. The number of hydrogen-bond acceptors (Lipinski definition) is 9. The molecule has 272 valence electrons. The molecule has 0 fully saturated rings. The van der Waals surface area contributed by atoms with Gasteiger partial charge in [0, 0.05) is 25.1 Å². The smallest absolute Gasteiger partial charge is 0.407 e. The fourth-order valence-electron chi connectivity index (χ4n) is 4.37. The van der Waals surface area contributed by atoms with Gasteiger partial charge in [0.1, 0.15) is 24.9 Å². The highest BCUT2D eigenvalue weighted by Crippen LogP contribution is 2.07. The molecule has 0 saturated heterocycles. The number of carbonyl (C=O) groups excluding carboxylic acids is 6. The molecule has 0 unspecified atom stereocenters. The van der Waals surface area contributed by atoms with Crippen molar-refractivity contribution in [3.05, 3.63) is 60.2 Å². The SMILES string of the molecule is CCOC(=O)/C=C/C=C/C(=O)N[C@H](CC(C)C)NC(=O)[C@H](CO)NC(=O)[C@@H](NC(=O)CCCCCNC(=O)OCc1ccccc1)C(C)C. The van der Waals surface area contributed by atoms with Gasteiger partial charge in [0.2, 0.25) is 23.6 Å². The standard InChI is InChI=1S/C35H53N5O9/c1-6-48-31(44)19-13-12-18-29(42)38-28(21-24(2)3)39-33(45)27(22-41)37-34(46)32(25(4)5)40-30(43)17-11-8-14-20-36-35(47)49-23-26-15-9-7-10-16-26/h7,9-10,12-13,15-16,18-19,24-25,27-28,32,41H,6,8,11,14,17,20-23H2,1-5H3,(H,36,47)(H,37,46)(H,38,42)(H,39,45)(H,40,43)/b18-12+,19-13+/t27-,28-,32-/m0/s1. The lowest BCUT2D eigenvalue weighted by atomic mass is 10.0. The van der Waals surface area contributed by atoms with Crippen LogP contribution in [0.5, 0.6) is 0 Å². The third kappa shape index (κ3) is 19.6. The number of carbonyl (C=O) groups is 6. The van der Waals surface area contributed by atoms with Crippen LogP contribution in [-0.2, 0) is 40.1 Å². The molecule has 49 heavy (non-hydrogen) atoms. The molecule has 0 heterocycles. The molecule has 0 saturated carbocycles. The first-order valence-electron chi connectivity index (χ1n) is 16.6. The number of rotatable bonds is 22. The lowest BCUT2D eigenvalue weighted by Gasteiger charge is -2.27. The maximum absolute atomic E-state index is 13.1. The first kappa shape index (κ1) is 42.3. The van der Waals surface area contributed by atoms with Gasteiger partial charge < -0.3 is 41.2 Å². The van der Waals surface area contributed by atoms with Gasteiger partial charge in [-0.05, 0) is 43.6 Å². The molecule has 0 aliphatic carbocycles. The monoisotopic (exact) mass is 687 g/mol. The van der Waals surface area contributed by atoms with Crippen molar-refractivity contribution in [1.82, 2.24) is 26.6 Å². The molecule has 6 N–H and O–H groups in total. The van der Waals surface area contributed by atoms with Crippen molar-refractivity contribution in [2.24, 2.45) is 11.8 Å². The summed E-state index contributed by atoms with van der Waals surface area (Å²) >= 11 is 0. The summed E-state index contributed by atoms with van der Waals surface area (Å²) in [5.74, 6) is -3.05. The zero-order valence-corrected chi connectivity index (χ0v) is 29.2.